The highest BCUT2D eigenvalue weighted by molar-refractivity contribution is 6.02. The molecule has 33 heavy (non-hydrogen) atoms. The third-order valence-corrected chi connectivity index (χ3v) is 6.93. The van der Waals surface area contributed by atoms with Gasteiger partial charge in [-0.05, 0) is 48.2 Å². The van der Waals surface area contributed by atoms with Gasteiger partial charge < -0.3 is 25.2 Å². The first kappa shape index (κ1) is 21.3. The van der Waals surface area contributed by atoms with Gasteiger partial charge in [-0.3, -0.25) is 14.4 Å². The summed E-state index contributed by atoms with van der Waals surface area (Å²) in [6.45, 7) is 1.63. The summed E-state index contributed by atoms with van der Waals surface area (Å²) in [5.41, 5.74) is 3.02. The second-order valence-corrected chi connectivity index (χ2v) is 8.97. The van der Waals surface area contributed by atoms with Crippen LogP contribution in [0.3, 0.4) is 0 Å². The molecule has 2 aromatic rings. The Hall–Kier alpha value is -3.55. The molecule has 0 bridgehead atoms. The maximum atomic E-state index is 13.1. The van der Waals surface area contributed by atoms with E-state index in [-0.39, 0.29) is 30.7 Å². The SMILES string of the molecule is COc1ccc2c(c1)CCN(C(=O)CN1CCC3(CCC1=O)NC(=O)c1ccccc1N3)C2. The molecule has 2 aromatic carbocycles. The summed E-state index contributed by atoms with van der Waals surface area (Å²) in [6.07, 6.45) is 2.06. The molecule has 0 aliphatic carbocycles. The Morgan fingerprint density at radius 1 is 1.03 bits per heavy atom. The van der Waals surface area contributed by atoms with Crippen LogP contribution in [-0.2, 0) is 22.6 Å². The summed E-state index contributed by atoms with van der Waals surface area (Å²) in [4.78, 5) is 42.0. The molecule has 8 nitrogen and oxygen atoms in total. The van der Waals surface area contributed by atoms with Crippen LogP contribution in [0.5, 0.6) is 5.75 Å². The number of nitrogens with one attached hydrogen (secondary N) is 2. The van der Waals surface area contributed by atoms with Crippen molar-refractivity contribution >= 4 is 23.4 Å². The molecule has 3 aliphatic heterocycles. The third kappa shape index (κ3) is 4.13. The number of methoxy groups -OCH3 is 1. The highest BCUT2D eigenvalue weighted by Gasteiger charge is 2.40. The van der Waals surface area contributed by atoms with Crippen LogP contribution in [0, 0.1) is 0 Å². The molecule has 1 spiro atoms. The van der Waals surface area contributed by atoms with Crippen LogP contribution in [0.4, 0.5) is 5.69 Å². The molecule has 3 aliphatic rings. The van der Waals surface area contributed by atoms with Gasteiger partial charge in [0.1, 0.15) is 11.4 Å². The van der Waals surface area contributed by atoms with E-state index >= 15 is 0 Å². The number of hydrogen-bond donors (Lipinski definition) is 2. The van der Waals surface area contributed by atoms with Gasteiger partial charge >= 0.3 is 0 Å². The molecule has 1 unspecified atom stereocenters. The minimum Gasteiger partial charge on any atom is -0.497 e. The summed E-state index contributed by atoms with van der Waals surface area (Å²) in [6, 6.07) is 13.3. The number of fused-ring (bicyclic) bond motifs is 2. The Morgan fingerprint density at radius 2 is 1.88 bits per heavy atom. The van der Waals surface area contributed by atoms with Crippen molar-refractivity contribution in [3.05, 3.63) is 59.2 Å². The first-order valence-corrected chi connectivity index (χ1v) is 11.4. The van der Waals surface area contributed by atoms with Crippen molar-refractivity contribution in [1.29, 1.82) is 0 Å². The van der Waals surface area contributed by atoms with Crippen molar-refractivity contribution in [2.75, 3.05) is 32.1 Å². The van der Waals surface area contributed by atoms with Gasteiger partial charge in [0, 0.05) is 38.2 Å². The third-order valence-electron chi connectivity index (χ3n) is 6.93. The number of ether oxygens (including phenoxy) is 1. The molecule has 8 heteroatoms. The normalized spacial score (nSPS) is 22.1. The largest absolute Gasteiger partial charge is 0.497 e. The fourth-order valence-corrected chi connectivity index (χ4v) is 4.97. The number of hydrogen-bond acceptors (Lipinski definition) is 5. The van der Waals surface area contributed by atoms with Crippen LogP contribution >= 0.6 is 0 Å². The average molecular weight is 449 g/mol. The van der Waals surface area contributed by atoms with Gasteiger partial charge in [0.25, 0.3) is 5.91 Å². The Bertz CT molecular complexity index is 1120. The van der Waals surface area contributed by atoms with Crippen molar-refractivity contribution in [3.8, 4) is 5.75 Å². The molecule has 0 aromatic heterocycles. The van der Waals surface area contributed by atoms with E-state index in [0.29, 0.717) is 38.0 Å². The maximum absolute atomic E-state index is 13.1. The second kappa shape index (κ2) is 8.42. The number of likely N-dealkylation sites (tertiary alicyclic amines) is 1. The van der Waals surface area contributed by atoms with E-state index in [1.54, 1.807) is 18.1 Å². The van der Waals surface area contributed by atoms with E-state index in [1.165, 1.54) is 5.56 Å². The van der Waals surface area contributed by atoms with Crippen LogP contribution in [0.1, 0.15) is 40.7 Å². The number of benzene rings is 2. The number of rotatable bonds is 3. The molecule has 3 amide bonds. The van der Waals surface area contributed by atoms with Crippen molar-refractivity contribution in [2.24, 2.45) is 0 Å². The van der Waals surface area contributed by atoms with Gasteiger partial charge in [0.15, 0.2) is 0 Å². The molecule has 172 valence electrons. The Morgan fingerprint density at radius 3 is 2.73 bits per heavy atom. The van der Waals surface area contributed by atoms with Gasteiger partial charge in [-0.15, -0.1) is 0 Å². The van der Waals surface area contributed by atoms with E-state index in [1.807, 2.05) is 41.3 Å². The molecular formula is C25H28N4O4. The summed E-state index contributed by atoms with van der Waals surface area (Å²) in [5.74, 6) is 0.581. The van der Waals surface area contributed by atoms with Gasteiger partial charge in [-0.2, -0.15) is 0 Å². The summed E-state index contributed by atoms with van der Waals surface area (Å²) < 4.78 is 5.30. The Labute approximate surface area is 192 Å². The minimum absolute atomic E-state index is 0.0493. The highest BCUT2D eigenvalue weighted by atomic mass is 16.5. The molecule has 1 saturated heterocycles. The van der Waals surface area contributed by atoms with Gasteiger partial charge in [-0.25, -0.2) is 0 Å². The molecule has 0 saturated carbocycles. The predicted molar refractivity (Wildman–Crippen MR) is 123 cm³/mol. The van der Waals surface area contributed by atoms with Crippen LogP contribution in [-0.4, -0.2) is 59.9 Å². The Kier molecular flexibility index (Phi) is 5.44. The van der Waals surface area contributed by atoms with Gasteiger partial charge in [0.05, 0.1) is 19.2 Å². The lowest BCUT2D eigenvalue weighted by molar-refractivity contribution is -0.140. The average Bonchev–Trinajstić information content (AvgIpc) is 2.97. The number of nitrogens with zero attached hydrogens (tertiary/aromatic N) is 2. The molecule has 0 radical (unpaired) electrons. The number of carbonyl (C=O) groups excluding carboxylic acids is 3. The number of amides is 3. The van der Waals surface area contributed by atoms with Crippen molar-refractivity contribution in [1.82, 2.24) is 15.1 Å². The van der Waals surface area contributed by atoms with Gasteiger partial charge in [0.2, 0.25) is 11.8 Å². The fraction of sp³-hybridized carbons (Fsp3) is 0.400. The zero-order chi connectivity index (χ0) is 23.0. The predicted octanol–water partition coefficient (Wildman–Crippen LogP) is 2.14. The van der Waals surface area contributed by atoms with Crippen LogP contribution in [0.25, 0.3) is 0 Å². The number of anilines is 1. The number of carbonyl (C=O) groups is 3. The zero-order valence-corrected chi connectivity index (χ0v) is 18.7. The summed E-state index contributed by atoms with van der Waals surface area (Å²) in [5, 5.41) is 6.52. The summed E-state index contributed by atoms with van der Waals surface area (Å²) in [7, 11) is 1.65. The lowest BCUT2D eigenvalue weighted by Gasteiger charge is -2.40. The fourth-order valence-electron chi connectivity index (χ4n) is 4.97. The first-order valence-electron chi connectivity index (χ1n) is 11.4. The van der Waals surface area contributed by atoms with Crippen LogP contribution in [0.15, 0.2) is 42.5 Å². The topological polar surface area (TPSA) is 91.0 Å². The molecule has 3 heterocycles. The van der Waals surface area contributed by atoms with E-state index < -0.39 is 5.66 Å². The standard InChI is InChI=1S/C25H28N4O4/c1-33-19-7-6-18-15-28(12-9-17(18)14-19)23(31)16-29-13-11-25(10-8-22(29)30)26-21-5-3-2-4-20(21)24(32)27-25/h2-7,14,26H,8-13,15-16H2,1H3,(H,27,32). The van der Waals surface area contributed by atoms with Crippen LogP contribution in [0.2, 0.25) is 0 Å². The summed E-state index contributed by atoms with van der Waals surface area (Å²) >= 11 is 0. The van der Waals surface area contributed by atoms with Crippen molar-refractivity contribution in [3.63, 3.8) is 0 Å². The van der Waals surface area contributed by atoms with Gasteiger partial charge in [-0.1, -0.05) is 18.2 Å². The smallest absolute Gasteiger partial charge is 0.255 e. The van der Waals surface area contributed by atoms with E-state index in [2.05, 4.69) is 10.6 Å². The zero-order valence-electron chi connectivity index (χ0n) is 18.7. The van der Waals surface area contributed by atoms with E-state index in [9.17, 15) is 14.4 Å². The monoisotopic (exact) mass is 448 g/mol. The quantitative estimate of drug-likeness (QED) is 0.751. The first-order chi connectivity index (χ1) is 16.0. The van der Waals surface area contributed by atoms with Crippen LogP contribution < -0.4 is 15.4 Å². The maximum Gasteiger partial charge on any atom is 0.255 e. The Balaban J connectivity index is 1.24. The van der Waals surface area contributed by atoms with E-state index in [4.69, 9.17) is 4.74 Å². The molecule has 1 atom stereocenters. The minimum atomic E-state index is -0.679. The molecule has 5 rings (SSSR count). The lowest BCUT2D eigenvalue weighted by Crippen LogP contribution is -2.58. The second-order valence-electron chi connectivity index (χ2n) is 8.97. The molecular weight excluding hydrogens is 420 g/mol. The highest BCUT2D eigenvalue weighted by Crippen LogP contribution is 2.31. The van der Waals surface area contributed by atoms with Crippen molar-refractivity contribution < 1.29 is 19.1 Å². The lowest BCUT2D eigenvalue weighted by atomic mass is 9.95. The van der Waals surface area contributed by atoms with Crippen molar-refractivity contribution in [2.45, 2.75) is 37.9 Å². The molecule has 1 fully saturated rings. The molecule has 2 N–H and O–H groups in total. The van der Waals surface area contributed by atoms with E-state index in [0.717, 1.165) is 23.4 Å². The number of para-hydroxylation sites is 1.